The molecule has 0 aromatic heterocycles. The van der Waals surface area contributed by atoms with Gasteiger partial charge in [0, 0.05) is 17.4 Å². The highest BCUT2D eigenvalue weighted by atomic mass is 16.8. The number of cyclic esters (lactones) is 1. The molecule has 3 aromatic carbocycles. The fourth-order valence-corrected chi connectivity index (χ4v) is 7.30. The molecule has 47 heavy (non-hydrogen) atoms. The maximum atomic E-state index is 13.1. The van der Waals surface area contributed by atoms with E-state index in [9.17, 15) is 20.1 Å². The molecular formula is C34H34O13. The Morgan fingerprint density at radius 1 is 0.787 bits per heavy atom. The highest BCUT2D eigenvalue weighted by molar-refractivity contribution is 5.79. The summed E-state index contributed by atoms with van der Waals surface area (Å²) in [5, 5.41) is 33.5. The van der Waals surface area contributed by atoms with Crippen molar-refractivity contribution >= 4 is 5.97 Å². The van der Waals surface area contributed by atoms with Crippen LogP contribution in [0, 0.1) is 11.8 Å². The zero-order valence-corrected chi connectivity index (χ0v) is 25.5. The molecule has 3 aromatic rings. The molecular weight excluding hydrogens is 616 g/mol. The predicted molar refractivity (Wildman–Crippen MR) is 158 cm³/mol. The van der Waals surface area contributed by atoms with Crippen LogP contribution in [-0.2, 0) is 23.7 Å². The summed E-state index contributed by atoms with van der Waals surface area (Å²) in [6.45, 7) is 0.218. The van der Waals surface area contributed by atoms with Crippen LogP contribution in [0.3, 0.4) is 0 Å². The van der Waals surface area contributed by atoms with Gasteiger partial charge in [0.1, 0.15) is 24.4 Å². The Morgan fingerprint density at radius 2 is 1.49 bits per heavy atom. The van der Waals surface area contributed by atoms with Crippen molar-refractivity contribution in [1.29, 1.82) is 0 Å². The molecule has 0 spiro atoms. The van der Waals surface area contributed by atoms with E-state index < -0.39 is 66.8 Å². The summed E-state index contributed by atoms with van der Waals surface area (Å²) in [5.74, 6) is -0.579. The topological polar surface area (TPSA) is 161 Å². The number of hydrogen-bond donors (Lipinski definition) is 3. The minimum atomic E-state index is -1.50. The van der Waals surface area contributed by atoms with Gasteiger partial charge >= 0.3 is 5.97 Å². The van der Waals surface area contributed by atoms with Crippen molar-refractivity contribution < 1.29 is 62.7 Å². The van der Waals surface area contributed by atoms with Crippen molar-refractivity contribution in [3.05, 3.63) is 76.9 Å². The van der Waals surface area contributed by atoms with Crippen LogP contribution in [0.25, 0.3) is 0 Å². The summed E-state index contributed by atoms with van der Waals surface area (Å²) in [6.07, 6.45) is -7.46. The molecule has 0 bridgehead atoms. The fourth-order valence-electron chi connectivity index (χ4n) is 7.30. The van der Waals surface area contributed by atoms with Crippen LogP contribution in [-0.4, -0.2) is 86.2 Å². The van der Waals surface area contributed by atoms with Crippen molar-refractivity contribution in [2.75, 3.05) is 34.2 Å². The minimum Gasteiger partial charge on any atom is -0.493 e. The summed E-state index contributed by atoms with van der Waals surface area (Å²) in [4.78, 5) is 13.1. The number of rotatable bonds is 6. The Morgan fingerprint density at radius 3 is 2.19 bits per heavy atom. The molecule has 3 fully saturated rings. The smallest absolute Gasteiger partial charge is 0.310 e. The Labute approximate surface area is 269 Å². The molecule has 2 unspecified atom stereocenters. The number of aliphatic hydroxyl groups is 3. The number of esters is 1. The number of benzene rings is 3. The molecule has 13 nitrogen and oxygen atoms in total. The van der Waals surface area contributed by atoms with Crippen molar-refractivity contribution in [3.8, 4) is 28.7 Å². The molecule has 10 atom stereocenters. The van der Waals surface area contributed by atoms with Gasteiger partial charge in [0.15, 0.2) is 29.3 Å². The quantitative estimate of drug-likeness (QED) is 0.334. The van der Waals surface area contributed by atoms with Gasteiger partial charge in [-0.2, -0.15) is 0 Å². The number of carbonyl (C=O) groups excluding carboxylic acids is 1. The van der Waals surface area contributed by atoms with Crippen LogP contribution in [0.15, 0.2) is 54.6 Å². The first-order chi connectivity index (χ1) is 22.9. The third-order valence-electron chi connectivity index (χ3n) is 9.63. The van der Waals surface area contributed by atoms with Crippen molar-refractivity contribution in [2.45, 2.75) is 49.0 Å². The number of methoxy groups -OCH3 is 2. The lowest BCUT2D eigenvalue weighted by Gasteiger charge is -2.46. The van der Waals surface area contributed by atoms with Crippen LogP contribution in [0.5, 0.6) is 28.7 Å². The fraction of sp³-hybridized carbons (Fsp3) is 0.441. The van der Waals surface area contributed by atoms with E-state index in [0.29, 0.717) is 28.2 Å². The normalized spacial score (nSPS) is 33.7. The van der Waals surface area contributed by atoms with Gasteiger partial charge in [-0.25, -0.2) is 0 Å². The largest absolute Gasteiger partial charge is 0.493 e. The van der Waals surface area contributed by atoms with Crippen molar-refractivity contribution in [2.24, 2.45) is 11.8 Å². The van der Waals surface area contributed by atoms with E-state index in [-0.39, 0.29) is 37.3 Å². The maximum absolute atomic E-state index is 13.1. The van der Waals surface area contributed by atoms with E-state index in [1.165, 1.54) is 14.2 Å². The monoisotopic (exact) mass is 650 g/mol. The minimum absolute atomic E-state index is 0.0544. The molecule has 4 aliphatic heterocycles. The Kier molecular flexibility index (Phi) is 7.62. The number of hydrogen-bond acceptors (Lipinski definition) is 13. The van der Waals surface area contributed by atoms with Crippen molar-refractivity contribution in [3.63, 3.8) is 0 Å². The van der Waals surface area contributed by atoms with Crippen LogP contribution in [0.4, 0.5) is 0 Å². The zero-order chi connectivity index (χ0) is 32.4. The first-order valence-corrected chi connectivity index (χ1v) is 15.4. The number of fused-ring (bicyclic) bond motifs is 4. The first kappa shape index (κ1) is 30.2. The lowest BCUT2D eigenvalue weighted by molar-refractivity contribution is -0.350. The third-order valence-corrected chi connectivity index (χ3v) is 9.63. The molecule has 0 radical (unpaired) electrons. The van der Waals surface area contributed by atoms with E-state index >= 15 is 0 Å². The van der Waals surface area contributed by atoms with Crippen molar-refractivity contribution in [1.82, 2.24) is 0 Å². The molecule has 3 N–H and O–H groups in total. The zero-order valence-electron chi connectivity index (χ0n) is 25.5. The SMILES string of the molecule is COc1cc([C@@H]2c3cc4c(cc3[C@H](O)C3COC(=O)[C@@H]32)OCO4)cc(OC)c1O[C@H]1O[C@@H]2COC(c3ccccc3)O[C@H]2[C@H](O)[C@H]1O. The van der Waals surface area contributed by atoms with Gasteiger partial charge in [0.2, 0.25) is 18.8 Å². The van der Waals surface area contributed by atoms with E-state index in [1.807, 2.05) is 30.3 Å². The predicted octanol–water partition coefficient (Wildman–Crippen LogP) is 2.34. The number of aliphatic hydroxyl groups excluding tert-OH is 3. The van der Waals surface area contributed by atoms with E-state index in [2.05, 4.69) is 0 Å². The standard InChI is InChI=1S/C34H34O13/c1-39-22-8-16(25-17-10-20-21(44-14-43-20)11-18(17)27(35)19-12-41-32(38)26(19)25)9-23(40-2)30(22)46-34-29(37)28(36)31-24(45-34)13-42-33(47-31)15-6-4-3-5-7-15/h3-11,19,24-29,31,33-37H,12-14H2,1-2H3/t19?,24-,25-,26+,27+,28-,29-,31-,33?,34-/m1/s1. The molecule has 4 heterocycles. The molecule has 5 aliphatic rings. The van der Waals surface area contributed by atoms with Crippen LogP contribution >= 0.6 is 0 Å². The summed E-state index contributed by atoms with van der Waals surface area (Å²) in [5.41, 5.74) is 2.72. The second-order valence-corrected chi connectivity index (χ2v) is 12.1. The summed E-state index contributed by atoms with van der Waals surface area (Å²) >= 11 is 0. The number of ether oxygens (including phenoxy) is 9. The Balaban J connectivity index is 1.11. The molecule has 8 rings (SSSR count). The van der Waals surface area contributed by atoms with Gasteiger partial charge in [0.25, 0.3) is 0 Å². The first-order valence-electron chi connectivity index (χ1n) is 15.4. The highest BCUT2D eigenvalue weighted by Gasteiger charge is 2.53. The number of carbonyl (C=O) groups is 1. The Bertz CT molecular complexity index is 1640. The van der Waals surface area contributed by atoms with E-state index in [0.717, 1.165) is 5.56 Å². The molecule has 0 amide bonds. The summed E-state index contributed by atoms with van der Waals surface area (Å²) in [6, 6.07) is 16.3. The molecule has 3 saturated heterocycles. The highest BCUT2D eigenvalue weighted by Crippen LogP contribution is 2.55. The van der Waals surface area contributed by atoms with Gasteiger partial charge < -0.3 is 58.0 Å². The molecule has 1 aliphatic carbocycles. The van der Waals surface area contributed by atoms with Gasteiger partial charge in [0.05, 0.1) is 39.5 Å². The maximum Gasteiger partial charge on any atom is 0.310 e. The second-order valence-electron chi connectivity index (χ2n) is 12.1. The average Bonchev–Trinajstić information content (AvgIpc) is 3.73. The van der Waals surface area contributed by atoms with Gasteiger partial charge in [-0.3, -0.25) is 4.79 Å². The lowest BCUT2D eigenvalue weighted by Crippen LogP contribution is -2.62. The van der Waals surface area contributed by atoms with Crippen LogP contribution in [0.1, 0.15) is 40.6 Å². The average molecular weight is 651 g/mol. The lowest BCUT2D eigenvalue weighted by atomic mass is 9.66. The van der Waals surface area contributed by atoms with Gasteiger partial charge in [-0.1, -0.05) is 30.3 Å². The van der Waals surface area contributed by atoms with Crippen LogP contribution < -0.4 is 23.7 Å². The van der Waals surface area contributed by atoms with Crippen LogP contribution in [0.2, 0.25) is 0 Å². The van der Waals surface area contributed by atoms with E-state index in [1.54, 1.807) is 24.3 Å². The van der Waals surface area contributed by atoms with Gasteiger partial charge in [-0.05, 0) is 41.0 Å². The second kappa shape index (κ2) is 11.8. The van der Waals surface area contributed by atoms with Gasteiger partial charge in [-0.15, -0.1) is 0 Å². The Hall–Kier alpha value is -4.11. The summed E-state index contributed by atoms with van der Waals surface area (Å²) < 4.78 is 52.3. The molecule has 248 valence electrons. The third kappa shape index (κ3) is 4.96. The van der Waals surface area contributed by atoms with E-state index in [4.69, 9.17) is 42.6 Å². The molecule has 0 saturated carbocycles. The molecule has 13 heteroatoms. The summed E-state index contributed by atoms with van der Waals surface area (Å²) in [7, 11) is 2.90.